The molecule has 0 heterocycles. The van der Waals surface area contributed by atoms with Gasteiger partial charge in [-0.2, -0.15) is 13.2 Å². The highest BCUT2D eigenvalue weighted by molar-refractivity contribution is 5.92. The Morgan fingerprint density at radius 3 is 2.45 bits per heavy atom. The van der Waals surface area contributed by atoms with E-state index in [2.05, 4.69) is 21.0 Å². The number of nitrogens with one attached hydrogen (secondary N) is 1. The molecule has 7 nitrogen and oxygen atoms in total. The standard InChI is InChI=1S/C12H14F3N3O4/c1-20-8-4-3-7(5-9(8)21-2)17-10(19)6-22-18-11(16)12(13,14)15/h3-5H,6H2,1-2H3,(H2,16,18)(H,17,19). The molecule has 1 amide bonds. The average Bonchev–Trinajstić information content (AvgIpc) is 2.45. The lowest BCUT2D eigenvalue weighted by Gasteiger charge is -2.10. The van der Waals surface area contributed by atoms with Gasteiger partial charge in [-0.1, -0.05) is 5.16 Å². The molecule has 0 atom stereocenters. The van der Waals surface area contributed by atoms with Crippen molar-refractivity contribution in [3.05, 3.63) is 18.2 Å². The van der Waals surface area contributed by atoms with Gasteiger partial charge in [-0.05, 0) is 12.1 Å². The Hall–Kier alpha value is -2.65. The van der Waals surface area contributed by atoms with Crippen molar-refractivity contribution in [2.24, 2.45) is 10.9 Å². The van der Waals surface area contributed by atoms with Crippen molar-refractivity contribution in [3.63, 3.8) is 0 Å². The van der Waals surface area contributed by atoms with Crippen molar-refractivity contribution in [1.29, 1.82) is 0 Å². The van der Waals surface area contributed by atoms with E-state index < -0.39 is 24.5 Å². The summed E-state index contributed by atoms with van der Waals surface area (Å²) in [6.07, 6.45) is -4.81. The number of halogens is 3. The summed E-state index contributed by atoms with van der Waals surface area (Å²) in [7, 11) is 2.87. The maximum absolute atomic E-state index is 12.0. The fourth-order valence-electron chi connectivity index (χ4n) is 1.32. The molecule has 0 unspecified atom stereocenters. The van der Waals surface area contributed by atoms with Gasteiger partial charge >= 0.3 is 6.18 Å². The molecule has 1 rings (SSSR count). The fourth-order valence-corrected chi connectivity index (χ4v) is 1.32. The highest BCUT2D eigenvalue weighted by atomic mass is 19.4. The molecule has 122 valence electrons. The topological polar surface area (TPSA) is 95.2 Å². The quantitative estimate of drug-likeness (QED) is 0.470. The Labute approximate surface area is 123 Å². The number of nitrogens with zero attached hydrogens (tertiary/aromatic N) is 1. The Morgan fingerprint density at radius 1 is 1.27 bits per heavy atom. The van der Waals surface area contributed by atoms with Gasteiger partial charge in [-0.15, -0.1) is 0 Å². The number of amidine groups is 1. The van der Waals surface area contributed by atoms with Crippen LogP contribution >= 0.6 is 0 Å². The normalized spacial score (nSPS) is 11.8. The second-order valence-corrected chi connectivity index (χ2v) is 3.87. The minimum atomic E-state index is -4.81. The summed E-state index contributed by atoms with van der Waals surface area (Å²) in [6.45, 7) is -0.731. The largest absolute Gasteiger partial charge is 0.493 e. The van der Waals surface area contributed by atoms with E-state index in [4.69, 9.17) is 9.47 Å². The number of oxime groups is 1. The van der Waals surface area contributed by atoms with Gasteiger partial charge in [0.1, 0.15) is 0 Å². The van der Waals surface area contributed by atoms with Gasteiger partial charge in [-0.3, -0.25) is 4.79 Å². The maximum Gasteiger partial charge on any atom is 0.452 e. The smallest absolute Gasteiger partial charge is 0.452 e. The van der Waals surface area contributed by atoms with Crippen molar-refractivity contribution in [2.75, 3.05) is 26.1 Å². The van der Waals surface area contributed by atoms with E-state index in [9.17, 15) is 18.0 Å². The van der Waals surface area contributed by atoms with Crippen LogP contribution in [0.15, 0.2) is 23.4 Å². The first-order chi connectivity index (χ1) is 10.3. The monoisotopic (exact) mass is 321 g/mol. The number of methoxy groups -OCH3 is 2. The Balaban J connectivity index is 2.59. The lowest BCUT2D eigenvalue weighted by Crippen LogP contribution is -2.31. The molecule has 0 fully saturated rings. The van der Waals surface area contributed by atoms with E-state index >= 15 is 0 Å². The average molecular weight is 321 g/mol. The molecule has 0 radical (unpaired) electrons. The zero-order valence-corrected chi connectivity index (χ0v) is 11.7. The first kappa shape index (κ1) is 17.4. The fraction of sp³-hybridized carbons (Fsp3) is 0.333. The van der Waals surface area contributed by atoms with Crippen molar-refractivity contribution in [2.45, 2.75) is 6.18 Å². The van der Waals surface area contributed by atoms with Crippen molar-refractivity contribution < 1.29 is 32.3 Å². The molecule has 22 heavy (non-hydrogen) atoms. The van der Waals surface area contributed by atoms with E-state index in [-0.39, 0.29) is 0 Å². The van der Waals surface area contributed by atoms with Crippen LogP contribution in [-0.4, -0.2) is 38.7 Å². The molecule has 0 bridgehead atoms. The zero-order chi connectivity index (χ0) is 16.8. The van der Waals surface area contributed by atoms with E-state index in [1.165, 1.54) is 26.4 Å². The van der Waals surface area contributed by atoms with Gasteiger partial charge in [-0.25, -0.2) is 0 Å². The van der Waals surface area contributed by atoms with E-state index in [1.807, 2.05) is 0 Å². The van der Waals surface area contributed by atoms with Crippen molar-refractivity contribution in [1.82, 2.24) is 0 Å². The number of amides is 1. The predicted octanol–water partition coefficient (Wildman–Crippen LogP) is 1.49. The van der Waals surface area contributed by atoms with Gasteiger partial charge in [0.15, 0.2) is 18.1 Å². The molecule has 3 N–H and O–H groups in total. The summed E-state index contributed by atoms with van der Waals surface area (Å²) in [5.74, 6) is -1.56. The van der Waals surface area contributed by atoms with Gasteiger partial charge in [0.25, 0.3) is 5.91 Å². The third kappa shape index (κ3) is 5.04. The second kappa shape index (κ2) is 7.38. The summed E-state index contributed by atoms with van der Waals surface area (Å²) in [4.78, 5) is 15.7. The maximum atomic E-state index is 12.0. The van der Waals surface area contributed by atoms with E-state index in [0.29, 0.717) is 17.2 Å². The molecular formula is C12H14F3N3O4. The number of carbonyl (C=O) groups excluding carboxylic acids is 1. The Morgan fingerprint density at radius 2 is 1.91 bits per heavy atom. The molecular weight excluding hydrogens is 307 g/mol. The molecule has 0 aromatic heterocycles. The minimum Gasteiger partial charge on any atom is -0.493 e. The highest BCUT2D eigenvalue weighted by Crippen LogP contribution is 2.29. The second-order valence-electron chi connectivity index (χ2n) is 3.87. The zero-order valence-electron chi connectivity index (χ0n) is 11.7. The van der Waals surface area contributed by atoms with Crippen LogP contribution in [-0.2, 0) is 9.63 Å². The number of nitrogens with two attached hydrogens (primary N) is 1. The Kier molecular flexibility index (Phi) is 5.84. The number of alkyl halides is 3. The van der Waals surface area contributed by atoms with E-state index in [1.54, 1.807) is 6.07 Å². The lowest BCUT2D eigenvalue weighted by molar-refractivity contribution is -0.121. The van der Waals surface area contributed by atoms with E-state index in [0.717, 1.165) is 0 Å². The number of hydrogen-bond acceptors (Lipinski definition) is 5. The van der Waals surface area contributed by atoms with Crippen LogP contribution in [0.25, 0.3) is 0 Å². The van der Waals surface area contributed by atoms with Crippen LogP contribution in [0.4, 0.5) is 18.9 Å². The summed E-state index contributed by atoms with van der Waals surface area (Å²) < 4.78 is 46.1. The minimum absolute atomic E-state index is 0.346. The van der Waals surface area contributed by atoms with Crippen molar-refractivity contribution >= 4 is 17.4 Å². The van der Waals surface area contributed by atoms with Gasteiger partial charge in [0.2, 0.25) is 5.84 Å². The molecule has 0 spiro atoms. The molecule has 10 heteroatoms. The lowest BCUT2D eigenvalue weighted by atomic mass is 10.2. The molecule has 0 aliphatic carbocycles. The molecule has 0 saturated carbocycles. The van der Waals surface area contributed by atoms with Crippen LogP contribution in [0.5, 0.6) is 11.5 Å². The third-order valence-corrected chi connectivity index (χ3v) is 2.32. The number of rotatable bonds is 6. The summed E-state index contributed by atoms with van der Waals surface area (Å²) >= 11 is 0. The van der Waals surface area contributed by atoms with Crippen LogP contribution in [0.1, 0.15) is 0 Å². The molecule has 0 saturated heterocycles. The summed E-state index contributed by atoms with van der Waals surface area (Å²) in [5.41, 5.74) is 4.94. The van der Waals surface area contributed by atoms with Crippen LogP contribution in [0.3, 0.4) is 0 Å². The van der Waals surface area contributed by atoms with Crippen molar-refractivity contribution in [3.8, 4) is 11.5 Å². The van der Waals surface area contributed by atoms with Gasteiger partial charge in [0, 0.05) is 11.8 Å². The first-order valence-electron chi connectivity index (χ1n) is 5.82. The summed E-state index contributed by atoms with van der Waals surface area (Å²) in [6, 6.07) is 4.55. The third-order valence-electron chi connectivity index (χ3n) is 2.32. The molecule has 0 aliphatic rings. The van der Waals surface area contributed by atoms with Gasteiger partial charge in [0.05, 0.1) is 14.2 Å². The van der Waals surface area contributed by atoms with Crippen LogP contribution < -0.4 is 20.5 Å². The number of anilines is 1. The highest BCUT2D eigenvalue weighted by Gasteiger charge is 2.34. The number of benzene rings is 1. The molecule has 1 aromatic rings. The number of carbonyl (C=O) groups is 1. The number of hydrogen-bond donors (Lipinski definition) is 2. The predicted molar refractivity (Wildman–Crippen MR) is 71.8 cm³/mol. The number of ether oxygens (including phenoxy) is 2. The summed E-state index contributed by atoms with van der Waals surface area (Å²) in [5, 5.41) is 4.99. The molecule has 1 aromatic carbocycles. The Bertz CT molecular complexity index is 561. The SMILES string of the molecule is COc1ccc(NC(=O)CON=C(N)C(F)(F)F)cc1OC. The first-order valence-corrected chi connectivity index (χ1v) is 5.82. The van der Waals surface area contributed by atoms with Crippen LogP contribution in [0.2, 0.25) is 0 Å². The van der Waals surface area contributed by atoms with Gasteiger partial charge < -0.3 is 25.4 Å². The van der Waals surface area contributed by atoms with Crippen LogP contribution in [0, 0.1) is 0 Å². The molecule has 0 aliphatic heterocycles.